The summed E-state index contributed by atoms with van der Waals surface area (Å²) in [5, 5.41) is 14.3. The molecule has 1 heterocycles. The number of carbonyl (C=O) groups excluding carboxylic acids is 1. The van der Waals surface area contributed by atoms with Crippen molar-refractivity contribution in [1.82, 2.24) is 15.6 Å². The highest BCUT2D eigenvalue weighted by atomic mass is 16.4. The summed E-state index contributed by atoms with van der Waals surface area (Å²) in [6, 6.07) is 3.15. The Bertz CT molecular complexity index is 500. The quantitative estimate of drug-likeness (QED) is 0.733. The molecule has 0 saturated heterocycles. The van der Waals surface area contributed by atoms with Gasteiger partial charge in [-0.25, -0.2) is 4.79 Å². The second-order valence-electron chi connectivity index (χ2n) is 5.14. The van der Waals surface area contributed by atoms with Gasteiger partial charge >= 0.3 is 12.0 Å². The van der Waals surface area contributed by atoms with E-state index in [2.05, 4.69) is 15.6 Å². The highest BCUT2D eigenvalue weighted by molar-refractivity contribution is 5.75. The number of nitrogens with zero attached hydrogens (tertiary/aromatic N) is 1. The number of carboxylic acids is 1. The van der Waals surface area contributed by atoms with Crippen molar-refractivity contribution in [2.24, 2.45) is 5.92 Å². The number of carboxylic acid groups (broad SMARTS) is 1. The third-order valence-electron chi connectivity index (χ3n) is 3.44. The molecule has 1 atom stereocenters. The fraction of sp³-hybridized carbons (Fsp3) is 0.500. The average molecular weight is 277 g/mol. The first kappa shape index (κ1) is 14.3. The number of carbonyl (C=O) groups is 2. The summed E-state index contributed by atoms with van der Waals surface area (Å²) < 4.78 is 0. The van der Waals surface area contributed by atoms with E-state index >= 15 is 0 Å². The Morgan fingerprint density at radius 3 is 2.85 bits per heavy atom. The molecule has 0 spiro atoms. The Hall–Kier alpha value is -2.11. The molecule has 1 aromatic heterocycles. The molecule has 0 bridgehead atoms. The van der Waals surface area contributed by atoms with Gasteiger partial charge in [-0.05, 0) is 37.3 Å². The molecule has 6 nitrogen and oxygen atoms in total. The van der Waals surface area contributed by atoms with Crippen molar-refractivity contribution in [1.29, 1.82) is 0 Å². The van der Waals surface area contributed by atoms with E-state index in [1.807, 2.05) is 19.1 Å². The molecular formula is C14H19N3O3. The van der Waals surface area contributed by atoms with Gasteiger partial charge in [0.1, 0.15) is 0 Å². The fourth-order valence-corrected chi connectivity index (χ4v) is 2.11. The lowest BCUT2D eigenvalue weighted by Gasteiger charge is -2.16. The Balaban J connectivity index is 1.82. The van der Waals surface area contributed by atoms with Gasteiger partial charge in [0, 0.05) is 12.2 Å². The molecule has 0 aromatic carbocycles. The number of urea groups is 1. The molecule has 3 N–H and O–H groups in total. The van der Waals surface area contributed by atoms with E-state index in [4.69, 9.17) is 5.11 Å². The van der Waals surface area contributed by atoms with Crippen LogP contribution < -0.4 is 10.6 Å². The highest BCUT2D eigenvalue weighted by Crippen LogP contribution is 2.33. The summed E-state index contributed by atoms with van der Waals surface area (Å²) in [5.41, 5.74) is 1.82. The topological polar surface area (TPSA) is 91.3 Å². The summed E-state index contributed by atoms with van der Waals surface area (Å²) in [4.78, 5) is 26.8. The van der Waals surface area contributed by atoms with Crippen molar-refractivity contribution in [2.75, 3.05) is 0 Å². The molecule has 1 aliphatic carbocycles. The minimum atomic E-state index is -0.886. The van der Waals surface area contributed by atoms with Gasteiger partial charge < -0.3 is 15.7 Å². The lowest BCUT2D eigenvalue weighted by Crippen LogP contribution is -2.44. The second-order valence-corrected chi connectivity index (χ2v) is 5.14. The fourth-order valence-electron chi connectivity index (χ4n) is 2.11. The van der Waals surface area contributed by atoms with Crippen molar-refractivity contribution in [3.05, 3.63) is 29.6 Å². The van der Waals surface area contributed by atoms with E-state index < -0.39 is 5.97 Å². The first-order chi connectivity index (χ1) is 9.56. The Kier molecular flexibility index (Phi) is 4.55. The number of aromatic nitrogens is 1. The van der Waals surface area contributed by atoms with Crippen LogP contribution in [0.1, 0.15) is 30.5 Å². The smallest absolute Gasteiger partial charge is 0.315 e. The number of pyridine rings is 1. The number of nitrogens with one attached hydrogen (secondary N) is 2. The normalized spacial score (nSPS) is 15.4. The second kappa shape index (κ2) is 6.36. The average Bonchev–Trinajstić information content (AvgIpc) is 3.21. The van der Waals surface area contributed by atoms with Crippen LogP contribution in [-0.2, 0) is 11.3 Å². The maximum atomic E-state index is 11.8. The summed E-state index contributed by atoms with van der Waals surface area (Å²) in [7, 11) is 0. The van der Waals surface area contributed by atoms with Gasteiger partial charge in [-0.2, -0.15) is 0 Å². The summed E-state index contributed by atoms with van der Waals surface area (Å²) in [6.45, 7) is 2.27. The number of hydrogen-bond acceptors (Lipinski definition) is 3. The largest absolute Gasteiger partial charge is 0.481 e. The molecule has 108 valence electrons. The first-order valence-electron chi connectivity index (χ1n) is 6.73. The lowest BCUT2D eigenvalue weighted by atomic mass is 10.1. The molecule has 1 saturated carbocycles. The van der Waals surface area contributed by atoms with Crippen LogP contribution in [-0.4, -0.2) is 28.1 Å². The zero-order valence-corrected chi connectivity index (χ0v) is 11.4. The molecular weight excluding hydrogens is 258 g/mol. The number of hydrogen-bond donors (Lipinski definition) is 3. The van der Waals surface area contributed by atoms with Crippen LogP contribution in [0.2, 0.25) is 0 Å². The maximum Gasteiger partial charge on any atom is 0.315 e. The number of aryl methyl sites for hydroxylation is 1. The van der Waals surface area contributed by atoms with E-state index in [0.29, 0.717) is 12.5 Å². The van der Waals surface area contributed by atoms with Crippen molar-refractivity contribution in [2.45, 2.75) is 38.8 Å². The van der Waals surface area contributed by atoms with Gasteiger partial charge in [-0.3, -0.25) is 9.78 Å². The lowest BCUT2D eigenvalue weighted by molar-refractivity contribution is -0.137. The molecule has 6 heteroatoms. The SMILES string of the molecule is Cc1cccnc1CNC(=O)NC(CC(=O)O)C1CC1. The van der Waals surface area contributed by atoms with Crippen LogP contribution in [0.3, 0.4) is 0 Å². The summed E-state index contributed by atoms with van der Waals surface area (Å²) >= 11 is 0. The van der Waals surface area contributed by atoms with Crippen molar-refractivity contribution >= 4 is 12.0 Å². The zero-order valence-electron chi connectivity index (χ0n) is 11.4. The predicted molar refractivity (Wildman–Crippen MR) is 73.1 cm³/mol. The van der Waals surface area contributed by atoms with Gasteiger partial charge in [-0.1, -0.05) is 6.07 Å². The third-order valence-corrected chi connectivity index (χ3v) is 3.44. The summed E-state index contributed by atoms with van der Waals surface area (Å²) in [5.74, 6) is -0.587. The summed E-state index contributed by atoms with van der Waals surface area (Å²) in [6.07, 6.45) is 3.62. The standard InChI is InChI=1S/C14H19N3O3/c1-9-3-2-6-15-12(9)8-16-14(20)17-11(7-13(18)19)10-4-5-10/h2-3,6,10-11H,4-5,7-8H2,1H3,(H,18,19)(H2,16,17,20). The molecule has 1 aromatic rings. The van der Waals surface area contributed by atoms with Gasteiger partial charge in [0.2, 0.25) is 0 Å². The molecule has 1 aliphatic rings. The Labute approximate surface area is 117 Å². The van der Waals surface area contributed by atoms with Crippen molar-refractivity contribution < 1.29 is 14.7 Å². The van der Waals surface area contributed by atoms with Crippen LogP contribution in [0, 0.1) is 12.8 Å². The third kappa shape index (κ3) is 4.22. The van der Waals surface area contributed by atoms with Gasteiger partial charge in [0.15, 0.2) is 0 Å². The van der Waals surface area contributed by atoms with E-state index in [1.165, 1.54) is 0 Å². The molecule has 0 aliphatic heterocycles. The first-order valence-corrected chi connectivity index (χ1v) is 6.73. The van der Waals surface area contributed by atoms with E-state index in [1.54, 1.807) is 6.20 Å². The van der Waals surface area contributed by atoms with Gasteiger partial charge in [-0.15, -0.1) is 0 Å². The van der Waals surface area contributed by atoms with E-state index in [0.717, 1.165) is 24.1 Å². The van der Waals surface area contributed by atoms with Crippen LogP contribution in [0.25, 0.3) is 0 Å². The molecule has 1 unspecified atom stereocenters. The molecule has 2 rings (SSSR count). The predicted octanol–water partition coefficient (Wildman–Crippen LogP) is 1.44. The zero-order chi connectivity index (χ0) is 14.5. The molecule has 20 heavy (non-hydrogen) atoms. The van der Waals surface area contributed by atoms with Crippen LogP contribution in [0.5, 0.6) is 0 Å². The maximum absolute atomic E-state index is 11.8. The highest BCUT2D eigenvalue weighted by Gasteiger charge is 2.33. The number of amides is 2. The number of aliphatic carboxylic acids is 1. The van der Waals surface area contributed by atoms with Crippen molar-refractivity contribution in [3.8, 4) is 0 Å². The minimum Gasteiger partial charge on any atom is -0.481 e. The molecule has 0 radical (unpaired) electrons. The van der Waals surface area contributed by atoms with Gasteiger partial charge in [0.05, 0.1) is 18.7 Å². The van der Waals surface area contributed by atoms with Crippen LogP contribution in [0.15, 0.2) is 18.3 Å². The van der Waals surface area contributed by atoms with Crippen molar-refractivity contribution in [3.63, 3.8) is 0 Å². The minimum absolute atomic E-state index is 0.0271. The Morgan fingerprint density at radius 2 is 2.25 bits per heavy atom. The molecule has 2 amide bonds. The monoisotopic (exact) mass is 277 g/mol. The number of rotatable bonds is 6. The van der Waals surface area contributed by atoms with Gasteiger partial charge in [0.25, 0.3) is 0 Å². The molecule has 1 fully saturated rings. The Morgan fingerprint density at radius 1 is 1.50 bits per heavy atom. The van der Waals surface area contributed by atoms with E-state index in [-0.39, 0.29) is 18.5 Å². The van der Waals surface area contributed by atoms with Crippen LogP contribution >= 0.6 is 0 Å². The van der Waals surface area contributed by atoms with Crippen LogP contribution in [0.4, 0.5) is 4.79 Å². The van der Waals surface area contributed by atoms with E-state index in [9.17, 15) is 9.59 Å².